The van der Waals surface area contributed by atoms with Crippen LogP contribution in [0.1, 0.15) is 0 Å². The molecule has 0 bridgehead atoms. The van der Waals surface area contributed by atoms with Gasteiger partial charge in [-0.25, -0.2) is 0 Å². The van der Waals surface area contributed by atoms with E-state index < -0.39 is 0 Å². The van der Waals surface area contributed by atoms with Crippen LogP contribution in [0.4, 0.5) is 34.1 Å². The Hall–Kier alpha value is -8.14. The smallest absolute Gasteiger partial charge is 0.159 e. The second-order valence-electron chi connectivity index (χ2n) is 15.3. The van der Waals surface area contributed by atoms with Crippen molar-refractivity contribution in [2.45, 2.75) is 0 Å². The number of fused-ring (bicyclic) bond motifs is 2. The Labute approximate surface area is 356 Å². The number of ether oxygens (including phenoxy) is 1. The van der Waals surface area contributed by atoms with Crippen molar-refractivity contribution in [1.29, 1.82) is 0 Å². The minimum Gasteiger partial charge on any atom is -0.453 e. The Kier molecular flexibility index (Phi) is 9.18. The summed E-state index contributed by atoms with van der Waals surface area (Å²) in [5.41, 5.74) is 15.4. The summed E-state index contributed by atoms with van der Waals surface area (Å²) in [5.74, 6) is 1.69. The number of hydrogen-bond donors (Lipinski definition) is 0. The summed E-state index contributed by atoms with van der Waals surface area (Å²) in [4.78, 5) is 4.62. The second-order valence-corrected chi connectivity index (χ2v) is 15.3. The summed E-state index contributed by atoms with van der Waals surface area (Å²) < 4.78 is 7.34. The Morgan fingerprint density at radius 2 is 0.672 bits per heavy atom. The Balaban J connectivity index is 1.03. The maximum atomic E-state index is 7.34. The lowest BCUT2D eigenvalue weighted by Crippen LogP contribution is -2.12. The zero-order valence-electron chi connectivity index (χ0n) is 33.4. The molecule has 0 saturated heterocycles. The van der Waals surface area contributed by atoms with Crippen LogP contribution in [0.5, 0.6) is 11.5 Å². The maximum Gasteiger partial charge on any atom is 0.159 e. The SMILES string of the molecule is c1ccc(-c2ccc(N(c3ccc(-c4ccccc4)cc3)c3cccc4c3Oc3c(-c5ccc(N(c6ccccc6)c6ccccc6)cc5)ccc5cccc-4c35)cc2)cc1. The average Bonchev–Trinajstić information content (AvgIpc) is 3.34. The molecule has 0 aromatic heterocycles. The first-order chi connectivity index (χ1) is 30.3. The van der Waals surface area contributed by atoms with Crippen LogP contribution in [0, 0.1) is 0 Å². The van der Waals surface area contributed by atoms with E-state index in [0.717, 1.165) is 78.6 Å². The molecule has 10 aromatic carbocycles. The third-order valence-electron chi connectivity index (χ3n) is 11.7. The molecule has 0 fully saturated rings. The molecule has 0 saturated carbocycles. The second kappa shape index (κ2) is 15.6. The molecule has 0 unspecified atom stereocenters. The van der Waals surface area contributed by atoms with Gasteiger partial charge in [-0.3, -0.25) is 0 Å². The average molecular weight is 781 g/mol. The maximum absolute atomic E-state index is 7.34. The van der Waals surface area contributed by atoms with Crippen LogP contribution in [0.15, 0.2) is 243 Å². The largest absolute Gasteiger partial charge is 0.453 e. The highest BCUT2D eigenvalue weighted by Crippen LogP contribution is 2.55. The van der Waals surface area contributed by atoms with E-state index in [9.17, 15) is 0 Å². The number of hydrogen-bond acceptors (Lipinski definition) is 3. The quantitative estimate of drug-likeness (QED) is 0.145. The van der Waals surface area contributed by atoms with Gasteiger partial charge in [-0.15, -0.1) is 0 Å². The van der Waals surface area contributed by atoms with Gasteiger partial charge in [0, 0.05) is 45.0 Å². The monoisotopic (exact) mass is 780 g/mol. The van der Waals surface area contributed by atoms with Crippen molar-refractivity contribution in [1.82, 2.24) is 0 Å². The highest BCUT2D eigenvalue weighted by molar-refractivity contribution is 6.09. The van der Waals surface area contributed by atoms with Crippen LogP contribution in [-0.2, 0) is 0 Å². The lowest BCUT2D eigenvalue weighted by Gasteiger charge is -2.31. The molecule has 0 amide bonds. The Bertz CT molecular complexity index is 2990. The predicted molar refractivity (Wildman–Crippen MR) is 255 cm³/mol. The lowest BCUT2D eigenvalue weighted by molar-refractivity contribution is 0.490. The number of para-hydroxylation sites is 3. The zero-order valence-corrected chi connectivity index (χ0v) is 33.4. The third-order valence-corrected chi connectivity index (χ3v) is 11.7. The predicted octanol–water partition coefficient (Wildman–Crippen LogP) is 16.6. The van der Waals surface area contributed by atoms with Gasteiger partial charge in [-0.05, 0) is 112 Å². The van der Waals surface area contributed by atoms with E-state index >= 15 is 0 Å². The molecule has 0 atom stereocenters. The normalized spacial score (nSPS) is 11.4. The molecule has 10 aromatic rings. The van der Waals surface area contributed by atoms with Crippen molar-refractivity contribution in [3.63, 3.8) is 0 Å². The summed E-state index contributed by atoms with van der Waals surface area (Å²) >= 11 is 0. The highest BCUT2D eigenvalue weighted by Gasteiger charge is 2.28. The van der Waals surface area contributed by atoms with E-state index in [-0.39, 0.29) is 0 Å². The Morgan fingerprint density at radius 1 is 0.246 bits per heavy atom. The van der Waals surface area contributed by atoms with E-state index in [0.29, 0.717) is 0 Å². The van der Waals surface area contributed by atoms with Gasteiger partial charge in [0.05, 0.1) is 5.69 Å². The number of nitrogens with zero attached hydrogens (tertiary/aromatic N) is 2. The lowest BCUT2D eigenvalue weighted by atomic mass is 9.90. The van der Waals surface area contributed by atoms with Gasteiger partial charge in [0.1, 0.15) is 5.75 Å². The molecule has 61 heavy (non-hydrogen) atoms. The van der Waals surface area contributed by atoms with Crippen molar-refractivity contribution in [3.05, 3.63) is 243 Å². The molecule has 0 N–H and O–H groups in total. The van der Waals surface area contributed by atoms with Crippen molar-refractivity contribution in [2.75, 3.05) is 9.80 Å². The molecular formula is C58H40N2O. The van der Waals surface area contributed by atoms with Crippen LogP contribution < -0.4 is 14.5 Å². The van der Waals surface area contributed by atoms with Crippen LogP contribution in [0.25, 0.3) is 55.3 Å². The molecule has 11 rings (SSSR count). The fourth-order valence-corrected chi connectivity index (χ4v) is 8.71. The van der Waals surface area contributed by atoms with E-state index in [4.69, 9.17) is 4.74 Å². The van der Waals surface area contributed by atoms with Gasteiger partial charge in [0.25, 0.3) is 0 Å². The van der Waals surface area contributed by atoms with E-state index in [1.54, 1.807) is 0 Å². The fourth-order valence-electron chi connectivity index (χ4n) is 8.71. The molecular weight excluding hydrogens is 741 g/mol. The van der Waals surface area contributed by atoms with Crippen LogP contribution in [-0.4, -0.2) is 0 Å². The molecule has 1 heterocycles. The Morgan fingerprint density at radius 3 is 1.21 bits per heavy atom. The van der Waals surface area contributed by atoms with Crippen molar-refractivity contribution < 1.29 is 4.74 Å². The first-order valence-electron chi connectivity index (χ1n) is 20.8. The number of rotatable bonds is 9. The van der Waals surface area contributed by atoms with Crippen LogP contribution >= 0.6 is 0 Å². The molecule has 3 heteroatoms. The topological polar surface area (TPSA) is 15.7 Å². The molecule has 1 aliphatic rings. The summed E-state index contributed by atoms with van der Waals surface area (Å²) in [5, 5.41) is 2.27. The third kappa shape index (κ3) is 6.69. The van der Waals surface area contributed by atoms with E-state index in [2.05, 4.69) is 252 Å². The molecule has 288 valence electrons. The van der Waals surface area contributed by atoms with Gasteiger partial charge in [0.15, 0.2) is 5.75 Å². The van der Waals surface area contributed by atoms with Gasteiger partial charge < -0.3 is 14.5 Å². The molecule has 1 aliphatic heterocycles. The number of anilines is 6. The first kappa shape index (κ1) is 36.0. The minimum atomic E-state index is 0.824. The summed E-state index contributed by atoms with van der Waals surface area (Å²) in [6, 6.07) is 86.2. The van der Waals surface area contributed by atoms with Crippen LogP contribution in [0.3, 0.4) is 0 Å². The summed E-state index contributed by atoms with van der Waals surface area (Å²) in [7, 11) is 0. The van der Waals surface area contributed by atoms with Gasteiger partial charge in [0.2, 0.25) is 0 Å². The summed E-state index contributed by atoms with van der Waals surface area (Å²) in [6.07, 6.45) is 0. The van der Waals surface area contributed by atoms with Gasteiger partial charge >= 0.3 is 0 Å². The van der Waals surface area contributed by atoms with Gasteiger partial charge in [-0.1, -0.05) is 170 Å². The molecule has 0 radical (unpaired) electrons. The molecule has 0 spiro atoms. The minimum absolute atomic E-state index is 0.824. The van der Waals surface area contributed by atoms with Crippen molar-refractivity contribution in [3.8, 4) is 56.0 Å². The fraction of sp³-hybridized carbons (Fsp3) is 0. The molecule has 0 aliphatic carbocycles. The van der Waals surface area contributed by atoms with E-state index in [1.165, 1.54) is 22.3 Å². The highest BCUT2D eigenvalue weighted by atomic mass is 16.5. The van der Waals surface area contributed by atoms with Crippen molar-refractivity contribution in [2.24, 2.45) is 0 Å². The van der Waals surface area contributed by atoms with Crippen molar-refractivity contribution >= 4 is 44.9 Å². The standard InChI is InChI=1S/C58H40N2O/c1-5-15-41(16-6-1)43-27-34-50(35-28-43)60(51-36-29-44(30-37-51)42-17-7-2-8-18-42)55-26-14-25-54-53-24-13-19-46-33-40-52(58(56(46)53)61-57(54)55)45-31-38-49(39-32-45)59(47-20-9-3-10-21-47)48-22-11-4-12-23-48/h1-40H. The zero-order chi connectivity index (χ0) is 40.5. The van der Waals surface area contributed by atoms with E-state index in [1.807, 2.05) is 0 Å². The first-order valence-corrected chi connectivity index (χ1v) is 20.8. The van der Waals surface area contributed by atoms with Gasteiger partial charge in [-0.2, -0.15) is 0 Å². The molecule has 3 nitrogen and oxygen atoms in total. The number of benzene rings is 10. The summed E-state index contributed by atoms with van der Waals surface area (Å²) in [6.45, 7) is 0. The van der Waals surface area contributed by atoms with Crippen LogP contribution in [0.2, 0.25) is 0 Å².